The second-order valence-electron chi connectivity index (χ2n) is 10.2. The molecule has 0 amide bonds. The maximum absolute atomic E-state index is 6.29. The highest BCUT2D eigenvalue weighted by atomic mass is 16.5. The highest BCUT2D eigenvalue weighted by molar-refractivity contribution is 5.86. The number of aromatic amines is 1. The number of rotatable bonds is 12. The van der Waals surface area contributed by atoms with Crippen LogP contribution in [0.1, 0.15) is 82.0 Å². The number of fused-ring (bicyclic) bond motifs is 1. The van der Waals surface area contributed by atoms with Crippen LogP contribution in [0.15, 0.2) is 48.4 Å². The lowest BCUT2D eigenvalue weighted by Crippen LogP contribution is -2.13. The fourth-order valence-corrected chi connectivity index (χ4v) is 5.57. The molecule has 0 aliphatic heterocycles. The van der Waals surface area contributed by atoms with Crippen molar-refractivity contribution in [1.82, 2.24) is 25.2 Å². The summed E-state index contributed by atoms with van der Waals surface area (Å²) in [5.41, 5.74) is 2.72. The Hall–Kier alpha value is -3.09. The molecular weight excluding hydrogens is 450 g/mol. The lowest BCUT2D eigenvalue weighted by molar-refractivity contribution is 0.203. The molecule has 0 bridgehead atoms. The van der Waals surface area contributed by atoms with Crippen molar-refractivity contribution in [3.63, 3.8) is 0 Å². The van der Waals surface area contributed by atoms with Gasteiger partial charge in [-0.2, -0.15) is 5.21 Å². The van der Waals surface area contributed by atoms with Gasteiger partial charge in [-0.05, 0) is 74.8 Å². The van der Waals surface area contributed by atoms with E-state index >= 15 is 0 Å². The smallest absolute Gasteiger partial charge is 0.181 e. The third kappa shape index (κ3) is 6.00. The summed E-state index contributed by atoms with van der Waals surface area (Å²) in [4.78, 5) is 0. The van der Waals surface area contributed by atoms with Crippen molar-refractivity contribution in [2.45, 2.75) is 83.6 Å². The fourth-order valence-electron chi connectivity index (χ4n) is 5.57. The van der Waals surface area contributed by atoms with Gasteiger partial charge < -0.3 is 14.0 Å². The summed E-state index contributed by atoms with van der Waals surface area (Å²) in [6.45, 7) is 4.80. The summed E-state index contributed by atoms with van der Waals surface area (Å²) in [6, 6.07) is 6.76. The Morgan fingerprint density at radius 2 is 1.92 bits per heavy atom. The Morgan fingerprint density at radius 1 is 1.06 bits per heavy atom. The Morgan fingerprint density at radius 3 is 2.67 bits per heavy atom. The molecule has 5 rings (SSSR count). The van der Waals surface area contributed by atoms with E-state index in [9.17, 15) is 0 Å². The number of ether oxygens (including phenoxy) is 2. The molecule has 0 spiro atoms. The molecule has 3 aromatic rings. The number of tetrazole rings is 1. The van der Waals surface area contributed by atoms with Crippen LogP contribution < -0.4 is 4.74 Å². The molecule has 7 heteroatoms. The van der Waals surface area contributed by atoms with Gasteiger partial charge in [0, 0.05) is 35.1 Å². The van der Waals surface area contributed by atoms with Crippen molar-refractivity contribution in [3.8, 4) is 5.75 Å². The van der Waals surface area contributed by atoms with Gasteiger partial charge in [0.2, 0.25) is 0 Å². The number of allylic oxidation sites excluding steroid dienone is 3. The molecule has 1 unspecified atom stereocenters. The minimum Gasteiger partial charge on any atom is -0.494 e. The summed E-state index contributed by atoms with van der Waals surface area (Å²) in [5.74, 6) is 3.69. The molecule has 2 aliphatic carbocycles. The van der Waals surface area contributed by atoms with Crippen LogP contribution in [0.25, 0.3) is 10.9 Å². The number of unbranched alkanes of at least 4 members (excludes halogenated alkanes) is 1. The number of hydrogen-bond donors (Lipinski definition) is 1. The first-order valence-electron chi connectivity index (χ1n) is 13.8. The normalized spacial score (nSPS) is 18.5. The molecule has 0 radical (unpaired) electrons. The topological polar surface area (TPSA) is 77.8 Å². The predicted molar refractivity (Wildman–Crippen MR) is 142 cm³/mol. The van der Waals surface area contributed by atoms with Gasteiger partial charge in [-0.1, -0.05) is 43.9 Å². The predicted octanol–water partition coefficient (Wildman–Crippen LogP) is 6.49. The van der Waals surface area contributed by atoms with E-state index in [-0.39, 0.29) is 5.92 Å². The monoisotopic (exact) mass is 489 g/mol. The third-order valence-corrected chi connectivity index (χ3v) is 7.53. The van der Waals surface area contributed by atoms with Crippen LogP contribution in [0.4, 0.5) is 0 Å². The van der Waals surface area contributed by atoms with Crippen molar-refractivity contribution in [2.75, 3.05) is 13.2 Å². The highest BCUT2D eigenvalue weighted by Gasteiger charge is 2.17. The van der Waals surface area contributed by atoms with E-state index in [1.807, 2.05) is 6.08 Å². The largest absolute Gasteiger partial charge is 0.494 e. The van der Waals surface area contributed by atoms with Crippen LogP contribution in [0.5, 0.6) is 5.75 Å². The Kier molecular flexibility index (Phi) is 8.36. The van der Waals surface area contributed by atoms with E-state index in [2.05, 4.69) is 68.7 Å². The van der Waals surface area contributed by atoms with Crippen LogP contribution in [0.3, 0.4) is 0 Å². The van der Waals surface area contributed by atoms with Gasteiger partial charge in [0.05, 0.1) is 13.2 Å². The van der Waals surface area contributed by atoms with E-state index in [0.717, 1.165) is 61.9 Å². The summed E-state index contributed by atoms with van der Waals surface area (Å²) in [6.07, 6.45) is 20.4. The van der Waals surface area contributed by atoms with Crippen LogP contribution in [0, 0.1) is 5.92 Å². The first-order valence-corrected chi connectivity index (χ1v) is 13.8. The van der Waals surface area contributed by atoms with Gasteiger partial charge in [0.15, 0.2) is 5.82 Å². The minimum atomic E-state index is 0.170. The number of nitrogens with zero attached hydrogens (tertiary/aromatic N) is 4. The summed E-state index contributed by atoms with van der Waals surface area (Å²) < 4.78 is 14.7. The molecule has 1 fully saturated rings. The second kappa shape index (κ2) is 12.2. The number of aryl methyl sites for hydroxylation is 1. The van der Waals surface area contributed by atoms with Crippen LogP contribution in [-0.2, 0) is 17.7 Å². The number of H-pyrrole nitrogens is 1. The molecule has 1 saturated carbocycles. The van der Waals surface area contributed by atoms with E-state index in [4.69, 9.17) is 9.47 Å². The quantitative estimate of drug-likeness (QED) is 0.294. The molecule has 192 valence electrons. The summed E-state index contributed by atoms with van der Waals surface area (Å²) in [7, 11) is 0. The van der Waals surface area contributed by atoms with Crippen molar-refractivity contribution in [1.29, 1.82) is 0 Å². The van der Waals surface area contributed by atoms with Gasteiger partial charge in [-0.25, -0.2) is 0 Å². The average molecular weight is 490 g/mol. The van der Waals surface area contributed by atoms with Gasteiger partial charge in [-0.3, -0.25) is 0 Å². The Balaban J connectivity index is 1.09. The molecule has 2 heterocycles. The molecule has 1 atom stereocenters. The molecular formula is C29H39N5O2. The van der Waals surface area contributed by atoms with Gasteiger partial charge in [-0.15, -0.1) is 10.2 Å². The van der Waals surface area contributed by atoms with Crippen LogP contribution in [0.2, 0.25) is 0 Å². The molecule has 0 saturated heterocycles. The average Bonchev–Trinajstić information content (AvgIpc) is 3.59. The maximum atomic E-state index is 6.29. The highest BCUT2D eigenvalue weighted by Crippen LogP contribution is 2.32. The van der Waals surface area contributed by atoms with Crippen molar-refractivity contribution < 1.29 is 9.47 Å². The molecule has 7 nitrogen and oxygen atoms in total. The van der Waals surface area contributed by atoms with E-state index in [1.54, 1.807) is 0 Å². The first-order chi connectivity index (χ1) is 17.8. The van der Waals surface area contributed by atoms with Crippen molar-refractivity contribution in [3.05, 3.63) is 59.8 Å². The van der Waals surface area contributed by atoms with Crippen molar-refractivity contribution in [2.24, 2.45) is 5.92 Å². The van der Waals surface area contributed by atoms with Crippen LogP contribution in [-0.4, -0.2) is 38.4 Å². The van der Waals surface area contributed by atoms with Crippen LogP contribution >= 0.6 is 0 Å². The zero-order chi connectivity index (χ0) is 24.6. The third-order valence-electron chi connectivity index (χ3n) is 7.53. The molecule has 1 aromatic carbocycles. The standard InChI is InChI=1S/C29H39N5O2/c1-2-8-26-25-17-18-34(21-22-9-4-3-5-10-22)27(25)15-16-28(26)36-20-7-6-19-35-24-13-11-23(12-14-24)29-30-32-33-31-29/h11,13-18,22-23H,2-10,12,19-21H2,1H3,(H,30,31,32,33). The molecule has 2 aliphatic rings. The fraction of sp³-hybridized carbons (Fsp3) is 0.552. The minimum absolute atomic E-state index is 0.170. The Labute approximate surface area is 213 Å². The van der Waals surface area contributed by atoms with Gasteiger partial charge >= 0.3 is 0 Å². The lowest BCUT2D eigenvalue weighted by atomic mass is 9.89. The molecule has 36 heavy (non-hydrogen) atoms. The zero-order valence-corrected chi connectivity index (χ0v) is 21.5. The Bertz CT molecular complexity index is 1160. The number of benzene rings is 1. The summed E-state index contributed by atoms with van der Waals surface area (Å²) in [5, 5.41) is 15.6. The maximum Gasteiger partial charge on any atom is 0.181 e. The number of hydrogen-bond acceptors (Lipinski definition) is 5. The number of nitrogens with one attached hydrogen (secondary N) is 1. The number of aromatic nitrogens is 5. The van der Waals surface area contributed by atoms with Crippen molar-refractivity contribution >= 4 is 10.9 Å². The molecule has 1 N–H and O–H groups in total. The summed E-state index contributed by atoms with van der Waals surface area (Å²) >= 11 is 0. The van der Waals surface area contributed by atoms with E-state index < -0.39 is 0 Å². The first kappa shape index (κ1) is 24.6. The lowest BCUT2D eigenvalue weighted by Gasteiger charge is -2.22. The zero-order valence-electron chi connectivity index (χ0n) is 21.5. The van der Waals surface area contributed by atoms with E-state index in [0.29, 0.717) is 13.2 Å². The van der Waals surface area contributed by atoms with E-state index in [1.165, 1.54) is 48.6 Å². The SMILES string of the molecule is CCCc1c(OCCCCOC2=CCC(c3nn[nH]n3)C=C2)ccc2c1ccn2CC1CCCCC1. The van der Waals surface area contributed by atoms with Gasteiger partial charge in [0.25, 0.3) is 0 Å². The van der Waals surface area contributed by atoms with Gasteiger partial charge in [0.1, 0.15) is 11.5 Å². The second-order valence-corrected chi connectivity index (χ2v) is 10.2. The molecule has 2 aromatic heterocycles.